The third kappa shape index (κ3) is 3.53. The Morgan fingerprint density at radius 3 is 2.80 bits per heavy atom. The van der Waals surface area contributed by atoms with Crippen LogP contribution in [0.25, 0.3) is 0 Å². The highest BCUT2D eigenvalue weighted by Crippen LogP contribution is 2.21. The number of benzene rings is 1. The summed E-state index contributed by atoms with van der Waals surface area (Å²) in [6.45, 7) is 0.861. The minimum atomic E-state index is 0.606. The molecular weight excluding hydrogens is 258 g/mol. The van der Waals surface area contributed by atoms with Crippen molar-refractivity contribution >= 4 is 33.6 Å². The minimum absolute atomic E-state index is 0.606. The summed E-state index contributed by atoms with van der Waals surface area (Å²) < 4.78 is 0. The molecule has 82 valence electrons. The maximum atomic E-state index is 10.6. The molecule has 0 aliphatic rings. The Balaban J connectivity index is 2.73. The second-order valence-corrected chi connectivity index (χ2v) is 3.83. The van der Waals surface area contributed by atoms with Gasteiger partial charge in [-0.3, -0.25) is 10.6 Å². The van der Waals surface area contributed by atoms with E-state index >= 15 is 0 Å². The highest BCUT2D eigenvalue weighted by atomic mass is 79.9. The van der Waals surface area contributed by atoms with Gasteiger partial charge in [0.1, 0.15) is 6.29 Å². The van der Waals surface area contributed by atoms with E-state index in [4.69, 9.17) is 5.84 Å². The first-order valence-electron chi connectivity index (χ1n) is 4.67. The predicted molar refractivity (Wildman–Crippen MR) is 66.5 cm³/mol. The van der Waals surface area contributed by atoms with Gasteiger partial charge in [-0.25, -0.2) is 0 Å². The van der Waals surface area contributed by atoms with E-state index in [1.807, 2.05) is 6.07 Å². The van der Waals surface area contributed by atoms with Gasteiger partial charge < -0.3 is 10.7 Å². The van der Waals surface area contributed by atoms with Crippen molar-refractivity contribution in [2.75, 3.05) is 22.6 Å². The SMILES string of the molecule is NNc1cc(C=O)ccc1NCCCBr. The average Bonchev–Trinajstić information content (AvgIpc) is 2.29. The topological polar surface area (TPSA) is 67.1 Å². The molecule has 15 heavy (non-hydrogen) atoms. The maximum Gasteiger partial charge on any atom is 0.150 e. The molecule has 0 radical (unpaired) electrons. The molecule has 1 aromatic carbocycles. The fourth-order valence-electron chi connectivity index (χ4n) is 1.20. The van der Waals surface area contributed by atoms with Crippen molar-refractivity contribution in [1.82, 2.24) is 0 Å². The molecule has 0 heterocycles. The van der Waals surface area contributed by atoms with Gasteiger partial charge in [0.25, 0.3) is 0 Å². The summed E-state index contributed by atoms with van der Waals surface area (Å²) >= 11 is 3.35. The van der Waals surface area contributed by atoms with Crippen LogP contribution in [0.3, 0.4) is 0 Å². The van der Waals surface area contributed by atoms with E-state index < -0.39 is 0 Å². The molecule has 0 bridgehead atoms. The predicted octanol–water partition coefficient (Wildman–Crippen LogP) is 1.98. The lowest BCUT2D eigenvalue weighted by Crippen LogP contribution is -2.11. The quantitative estimate of drug-likeness (QED) is 0.243. The molecule has 0 aliphatic carbocycles. The lowest BCUT2D eigenvalue weighted by atomic mass is 10.2. The number of rotatable bonds is 6. The summed E-state index contributed by atoms with van der Waals surface area (Å²) in [5.41, 5.74) is 4.81. The number of hydrazine groups is 1. The molecule has 0 atom stereocenters. The first-order chi connectivity index (χ1) is 7.31. The number of hydrogen-bond acceptors (Lipinski definition) is 4. The first-order valence-corrected chi connectivity index (χ1v) is 5.79. The van der Waals surface area contributed by atoms with Crippen molar-refractivity contribution in [3.05, 3.63) is 23.8 Å². The van der Waals surface area contributed by atoms with Gasteiger partial charge in [0, 0.05) is 17.4 Å². The van der Waals surface area contributed by atoms with E-state index in [0.29, 0.717) is 5.56 Å². The molecule has 0 spiro atoms. The Bertz CT molecular complexity index is 330. The number of anilines is 2. The van der Waals surface area contributed by atoms with Crippen LogP contribution in [0.1, 0.15) is 16.8 Å². The number of nitrogens with one attached hydrogen (secondary N) is 2. The van der Waals surface area contributed by atoms with Gasteiger partial charge in [0.2, 0.25) is 0 Å². The Hall–Kier alpha value is -1.07. The molecule has 0 saturated heterocycles. The third-order valence-corrected chi connectivity index (χ3v) is 2.52. The van der Waals surface area contributed by atoms with Crippen molar-refractivity contribution in [3.63, 3.8) is 0 Å². The summed E-state index contributed by atoms with van der Waals surface area (Å²) in [5.74, 6) is 5.36. The number of hydrogen-bond donors (Lipinski definition) is 3. The zero-order valence-electron chi connectivity index (χ0n) is 8.29. The van der Waals surface area contributed by atoms with Gasteiger partial charge in [0.15, 0.2) is 0 Å². The molecule has 0 aromatic heterocycles. The molecular formula is C10H14BrN3O. The van der Waals surface area contributed by atoms with Crippen LogP contribution in [-0.2, 0) is 0 Å². The Morgan fingerprint density at radius 1 is 1.40 bits per heavy atom. The largest absolute Gasteiger partial charge is 0.383 e. The molecule has 5 heteroatoms. The first kappa shape index (κ1) is 12.0. The van der Waals surface area contributed by atoms with Crippen molar-refractivity contribution in [2.45, 2.75) is 6.42 Å². The van der Waals surface area contributed by atoms with E-state index in [0.717, 1.165) is 36.0 Å². The Kier molecular flexibility index (Phi) is 5.14. The van der Waals surface area contributed by atoms with Crippen LogP contribution >= 0.6 is 15.9 Å². The molecule has 0 amide bonds. The number of nitrogen functional groups attached to an aromatic ring is 1. The summed E-state index contributed by atoms with van der Waals surface area (Å²) in [6, 6.07) is 5.31. The van der Waals surface area contributed by atoms with E-state index in [2.05, 4.69) is 26.7 Å². The van der Waals surface area contributed by atoms with Crippen molar-refractivity contribution in [3.8, 4) is 0 Å². The molecule has 0 fully saturated rings. The van der Waals surface area contributed by atoms with Gasteiger partial charge in [-0.05, 0) is 24.6 Å². The number of alkyl halides is 1. The summed E-state index contributed by atoms with van der Waals surface area (Å²) in [5, 5.41) is 4.18. The van der Waals surface area contributed by atoms with Crippen molar-refractivity contribution < 1.29 is 4.79 Å². The fraction of sp³-hybridized carbons (Fsp3) is 0.300. The maximum absolute atomic E-state index is 10.6. The molecule has 4 nitrogen and oxygen atoms in total. The van der Waals surface area contributed by atoms with Gasteiger partial charge in [0.05, 0.1) is 11.4 Å². The van der Waals surface area contributed by atoms with Crippen molar-refractivity contribution in [1.29, 1.82) is 0 Å². The van der Waals surface area contributed by atoms with Crippen LogP contribution < -0.4 is 16.6 Å². The number of halogens is 1. The zero-order chi connectivity index (χ0) is 11.1. The Labute approximate surface area is 97.3 Å². The summed E-state index contributed by atoms with van der Waals surface area (Å²) in [4.78, 5) is 10.6. The van der Waals surface area contributed by atoms with Gasteiger partial charge in [-0.1, -0.05) is 15.9 Å². The molecule has 0 saturated carbocycles. The number of carbonyl (C=O) groups is 1. The third-order valence-electron chi connectivity index (χ3n) is 1.96. The molecule has 0 unspecified atom stereocenters. The summed E-state index contributed by atoms with van der Waals surface area (Å²) in [6.07, 6.45) is 1.82. The second-order valence-electron chi connectivity index (χ2n) is 3.04. The van der Waals surface area contributed by atoms with Crippen molar-refractivity contribution in [2.24, 2.45) is 5.84 Å². The number of carbonyl (C=O) groups excluding carboxylic acids is 1. The van der Waals surface area contributed by atoms with Crippen LogP contribution in [0.4, 0.5) is 11.4 Å². The minimum Gasteiger partial charge on any atom is -0.383 e. The Morgan fingerprint density at radius 2 is 2.20 bits per heavy atom. The second kappa shape index (κ2) is 6.42. The van der Waals surface area contributed by atoms with Gasteiger partial charge in [-0.15, -0.1) is 0 Å². The van der Waals surface area contributed by atoms with Gasteiger partial charge >= 0.3 is 0 Å². The lowest BCUT2D eigenvalue weighted by molar-refractivity contribution is 0.112. The highest BCUT2D eigenvalue weighted by molar-refractivity contribution is 9.09. The van der Waals surface area contributed by atoms with E-state index in [-0.39, 0.29) is 0 Å². The number of nitrogens with two attached hydrogens (primary N) is 1. The van der Waals surface area contributed by atoms with E-state index in [1.165, 1.54) is 0 Å². The van der Waals surface area contributed by atoms with Crippen LogP contribution in [0.2, 0.25) is 0 Å². The monoisotopic (exact) mass is 271 g/mol. The highest BCUT2D eigenvalue weighted by Gasteiger charge is 2.01. The fourth-order valence-corrected chi connectivity index (χ4v) is 1.48. The van der Waals surface area contributed by atoms with Crippen LogP contribution in [-0.4, -0.2) is 18.2 Å². The van der Waals surface area contributed by atoms with Crippen LogP contribution in [0.15, 0.2) is 18.2 Å². The number of aldehydes is 1. The van der Waals surface area contributed by atoms with Crippen LogP contribution in [0, 0.1) is 0 Å². The molecule has 0 aliphatic heterocycles. The normalized spacial score (nSPS) is 9.73. The van der Waals surface area contributed by atoms with E-state index in [1.54, 1.807) is 12.1 Å². The summed E-state index contributed by atoms with van der Waals surface area (Å²) in [7, 11) is 0. The lowest BCUT2D eigenvalue weighted by Gasteiger charge is -2.11. The van der Waals surface area contributed by atoms with E-state index in [9.17, 15) is 4.79 Å². The average molecular weight is 272 g/mol. The smallest absolute Gasteiger partial charge is 0.150 e. The van der Waals surface area contributed by atoms with Crippen LogP contribution in [0.5, 0.6) is 0 Å². The zero-order valence-corrected chi connectivity index (χ0v) is 9.88. The molecule has 4 N–H and O–H groups in total. The van der Waals surface area contributed by atoms with Gasteiger partial charge in [-0.2, -0.15) is 0 Å². The molecule has 1 rings (SSSR count). The standard InChI is InChI=1S/C10H14BrN3O/c11-4-1-5-13-9-3-2-8(7-15)6-10(9)14-12/h2-3,6-7,13-14H,1,4-5,12H2. The molecule has 1 aromatic rings.